The molecule has 0 aromatic heterocycles. The Hall–Kier alpha value is -2.13. The van der Waals surface area contributed by atoms with Crippen LogP contribution in [0.4, 0.5) is 0 Å². The van der Waals surface area contributed by atoms with E-state index in [2.05, 4.69) is 92.6 Å². The molecule has 1 N–H and O–H groups in total. The zero-order chi connectivity index (χ0) is 21.8. The van der Waals surface area contributed by atoms with Gasteiger partial charge in [-0.05, 0) is 42.5 Å². The molecular formula is C27H40N2O. The highest BCUT2D eigenvalue weighted by atomic mass is 16.1. The molecule has 2 aromatic rings. The van der Waals surface area contributed by atoms with Crippen molar-refractivity contribution in [1.82, 2.24) is 10.2 Å². The number of benzene rings is 2. The van der Waals surface area contributed by atoms with E-state index >= 15 is 0 Å². The molecule has 3 nitrogen and oxygen atoms in total. The number of nitrogens with one attached hydrogen (secondary N) is 1. The SMILES string of the molecule is CC1CCCC(C(=O)NCc2ccc(CN(C)Cc3ccccc3)cc2)C1.CCC. The lowest BCUT2D eigenvalue weighted by molar-refractivity contribution is -0.126. The first kappa shape index (κ1) is 24.1. The Kier molecular flexibility index (Phi) is 10.6. The standard InChI is InChI=1S/C24H32N2O.C3H8/c1-19-7-6-10-23(15-19)24(27)25-16-20-11-13-22(14-12-20)18-26(2)17-21-8-4-3-5-9-21;1-3-2/h3-5,8-9,11-14,19,23H,6-7,10,15-18H2,1-2H3,(H,25,27);3H2,1-2H3. The molecule has 1 fully saturated rings. The summed E-state index contributed by atoms with van der Waals surface area (Å²) in [6.45, 7) is 9.00. The number of hydrogen-bond donors (Lipinski definition) is 1. The van der Waals surface area contributed by atoms with E-state index < -0.39 is 0 Å². The molecule has 0 bridgehead atoms. The van der Waals surface area contributed by atoms with E-state index in [9.17, 15) is 4.79 Å². The van der Waals surface area contributed by atoms with Gasteiger partial charge in [-0.1, -0.05) is 94.6 Å². The molecule has 164 valence electrons. The molecule has 0 saturated heterocycles. The quantitative estimate of drug-likeness (QED) is 0.593. The predicted molar refractivity (Wildman–Crippen MR) is 127 cm³/mol. The van der Waals surface area contributed by atoms with Gasteiger partial charge in [0.15, 0.2) is 0 Å². The molecule has 0 heterocycles. The summed E-state index contributed by atoms with van der Waals surface area (Å²) in [4.78, 5) is 14.7. The van der Waals surface area contributed by atoms with Crippen LogP contribution in [0.25, 0.3) is 0 Å². The van der Waals surface area contributed by atoms with Crippen LogP contribution in [0.5, 0.6) is 0 Å². The molecule has 2 unspecified atom stereocenters. The zero-order valence-electron chi connectivity index (χ0n) is 19.4. The first-order chi connectivity index (χ1) is 14.5. The maximum atomic E-state index is 12.4. The second kappa shape index (κ2) is 13.2. The highest BCUT2D eigenvalue weighted by Crippen LogP contribution is 2.28. The largest absolute Gasteiger partial charge is 0.352 e. The van der Waals surface area contributed by atoms with Crippen LogP contribution in [0.15, 0.2) is 54.6 Å². The topological polar surface area (TPSA) is 32.3 Å². The Bertz CT molecular complexity index is 726. The third-order valence-electron chi connectivity index (χ3n) is 5.54. The van der Waals surface area contributed by atoms with Gasteiger partial charge in [-0.2, -0.15) is 0 Å². The molecule has 1 aliphatic rings. The van der Waals surface area contributed by atoms with Crippen molar-refractivity contribution in [2.24, 2.45) is 11.8 Å². The average Bonchev–Trinajstić information content (AvgIpc) is 2.74. The third-order valence-corrected chi connectivity index (χ3v) is 5.54. The van der Waals surface area contributed by atoms with E-state index in [1.807, 2.05) is 0 Å². The van der Waals surface area contributed by atoms with Gasteiger partial charge in [0.1, 0.15) is 0 Å². The summed E-state index contributed by atoms with van der Waals surface area (Å²) in [5.74, 6) is 1.12. The van der Waals surface area contributed by atoms with Crippen LogP contribution in [-0.2, 0) is 24.4 Å². The summed E-state index contributed by atoms with van der Waals surface area (Å²) in [5.41, 5.74) is 3.79. The number of rotatable bonds is 7. The maximum absolute atomic E-state index is 12.4. The third kappa shape index (κ3) is 8.71. The van der Waals surface area contributed by atoms with Crippen molar-refractivity contribution >= 4 is 5.91 Å². The lowest BCUT2D eigenvalue weighted by Crippen LogP contribution is -2.33. The highest BCUT2D eigenvalue weighted by Gasteiger charge is 2.24. The van der Waals surface area contributed by atoms with Gasteiger partial charge in [-0.25, -0.2) is 0 Å². The molecule has 1 amide bonds. The van der Waals surface area contributed by atoms with Crippen molar-refractivity contribution in [2.45, 2.75) is 72.5 Å². The summed E-state index contributed by atoms with van der Waals surface area (Å²) >= 11 is 0. The van der Waals surface area contributed by atoms with Gasteiger partial charge >= 0.3 is 0 Å². The monoisotopic (exact) mass is 408 g/mol. The van der Waals surface area contributed by atoms with Crippen LogP contribution < -0.4 is 5.32 Å². The summed E-state index contributed by atoms with van der Waals surface area (Å²) < 4.78 is 0. The molecular weight excluding hydrogens is 368 g/mol. The summed E-state index contributed by atoms with van der Waals surface area (Å²) in [6, 6.07) is 19.2. The molecule has 1 saturated carbocycles. The molecule has 2 atom stereocenters. The predicted octanol–water partition coefficient (Wildman–Crippen LogP) is 6.18. The van der Waals surface area contributed by atoms with Crippen LogP contribution >= 0.6 is 0 Å². The van der Waals surface area contributed by atoms with Gasteiger partial charge in [-0.15, -0.1) is 0 Å². The van der Waals surface area contributed by atoms with Gasteiger partial charge in [0.2, 0.25) is 5.91 Å². The van der Waals surface area contributed by atoms with Crippen LogP contribution in [0.1, 0.15) is 69.6 Å². The fourth-order valence-corrected chi connectivity index (χ4v) is 4.03. The van der Waals surface area contributed by atoms with Crippen LogP contribution in [0, 0.1) is 11.8 Å². The van der Waals surface area contributed by atoms with E-state index in [-0.39, 0.29) is 11.8 Å². The van der Waals surface area contributed by atoms with E-state index in [1.54, 1.807) is 0 Å². The second-order valence-corrected chi connectivity index (χ2v) is 8.87. The van der Waals surface area contributed by atoms with Crippen molar-refractivity contribution in [1.29, 1.82) is 0 Å². The van der Waals surface area contributed by atoms with Gasteiger partial charge < -0.3 is 5.32 Å². The average molecular weight is 409 g/mol. The van der Waals surface area contributed by atoms with Gasteiger partial charge in [0.25, 0.3) is 0 Å². The van der Waals surface area contributed by atoms with Crippen LogP contribution in [-0.4, -0.2) is 17.9 Å². The van der Waals surface area contributed by atoms with Crippen molar-refractivity contribution in [3.63, 3.8) is 0 Å². The van der Waals surface area contributed by atoms with Gasteiger partial charge in [0, 0.05) is 25.6 Å². The first-order valence-electron chi connectivity index (χ1n) is 11.6. The fourth-order valence-electron chi connectivity index (χ4n) is 4.03. The number of carbonyl (C=O) groups is 1. The molecule has 2 aromatic carbocycles. The second-order valence-electron chi connectivity index (χ2n) is 8.87. The maximum Gasteiger partial charge on any atom is 0.223 e. The first-order valence-corrected chi connectivity index (χ1v) is 11.6. The Balaban J connectivity index is 0.00000101. The minimum Gasteiger partial charge on any atom is -0.352 e. The Morgan fingerprint density at radius 1 is 0.933 bits per heavy atom. The summed E-state index contributed by atoms with van der Waals surface area (Å²) in [7, 11) is 2.15. The Morgan fingerprint density at radius 2 is 1.50 bits per heavy atom. The molecule has 0 spiro atoms. The molecule has 30 heavy (non-hydrogen) atoms. The minimum atomic E-state index is 0.208. The molecule has 0 aliphatic heterocycles. The molecule has 1 aliphatic carbocycles. The van der Waals surface area contributed by atoms with E-state index in [1.165, 1.54) is 36.0 Å². The zero-order valence-corrected chi connectivity index (χ0v) is 19.4. The van der Waals surface area contributed by atoms with Crippen molar-refractivity contribution in [2.75, 3.05) is 7.05 Å². The number of amides is 1. The van der Waals surface area contributed by atoms with Crippen molar-refractivity contribution in [3.05, 3.63) is 71.3 Å². The van der Waals surface area contributed by atoms with Gasteiger partial charge in [-0.3, -0.25) is 9.69 Å². The van der Waals surface area contributed by atoms with Crippen molar-refractivity contribution in [3.8, 4) is 0 Å². The normalized spacial score (nSPS) is 18.4. The summed E-state index contributed by atoms with van der Waals surface area (Å²) in [5, 5.41) is 3.13. The van der Waals surface area contributed by atoms with Crippen molar-refractivity contribution < 1.29 is 4.79 Å². The van der Waals surface area contributed by atoms with Crippen LogP contribution in [0.2, 0.25) is 0 Å². The van der Waals surface area contributed by atoms with E-state index in [0.717, 1.165) is 25.9 Å². The Morgan fingerprint density at radius 3 is 2.10 bits per heavy atom. The molecule has 0 radical (unpaired) electrons. The van der Waals surface area contributed by atoms with E-state index in [4.69, 9.17) is 0 Å². The summed E-state index contributed by atoms with van der Waals surface area (Å²) in [6.07, 6.45) is 5.79. The lowest BCUT2D eigenvalue weighted by Gasteiger charge is -2.25. The van der Waals surface area contributed by atoms with Crippen LogP contribution in [0.3, 0.4) is 0 Å². The minimum absolute atomic E-state index is 0.208. The molecule has 3 heteroatoms. The Labute approximate surface area is 183 Å². The number of carbonyl (C=O) groups excluding carboxylic acids is 1. The van der Waals surface area contributed by atoms with E-state index in [0.29, 0.717) is 12.5 Å². The number of hydrogen-bond acceptors (Lipinski definition) is 2. The highest BCUT2D eigenvalue weighted by molar-refractivity contribution is 5.78. The molecule has 3 rings (SSSR count). The van der Waals surface area contributed by atoms with Gasteiger partial charge in [0.05, 0.1) is 0 Å². The fraction of sp³-hybridized carbons (Fsp3) is 0.519. The lowest BCUT2D eigenvalue weighted by atomic mass is 9.82. The number of nitrogens with zero attached hydrogens (tertiary/aromatic N) is 1. The smallest absolute Gasteiger partial charge is 0.223 e.